The van der Waals surface area contributed by atoms with Crippen LogP contribution in [0.4, 0.5) is 0 Å². The summed E-state index contributed by atoms with van der Waals surface area (Å²) in [7, 11) is 0. The summed E-state index contributed by atoms with van der Waals surface area (Å²) in [5.41, 5.74) is 2.03. The average Bonchev–Trinajstić information content (AvgIpc) is 3.18. The second-order valence-corrected chi connectivity index (χ2v) is 5.48. The fourth-order valence-corrected chi connectivity index (χ4v) is 2.59. The van der Waals surface area contributed by atoms with Crippen LogP contribution in [-0.2, 0) is 16.0 Å². The van der Waals surface area contributed by atoms with Crippen LogP contribution in [-0.4, -0.2) is 38.7 Å². The first kappa shape index (κ1) is 14.6. The Morgan fingerprint density at radius 3 is 3.18 bits per heavy atom. The lowest BCUT2D eigenvalue weighted by atomic mass is 10.1. The summed E-state index contributed by atoms with van der Waals surface area (Å²) in [5, 5.41) is 9.59. The highest BCUT2D eigenvalue weighted by molar-refractivity contribution is 5.78. The van der Waals surface area contributed by atoms with Crippen LogP contribution in [0.15, 0.2) is 24.8 Å². The molecular weight excluding hydrogens is 282 g/mol. The molecule has 2 aromatic rings. The smallest absolute Gasteiger partial charge is 0.224 e. The van der Waals surface area contributed by atoms with E-state index in [1.54, 1.807) is 12.4 Å². The van der Waals surface area contributed by atoms with Gasteiger partial charge in [0, 0.05) is 18.9 Å². The van der Waals surface area contributed by atoms with Gasteiger partial charge in [-0.25, -0.2) is 4.98 Å². The topological polar surface area (TPSA) is 92.8 Å². The molecule has 7 heteroatoms. The minimum atomic E-state index is -0.0492. The van der Waals surface area contributed by atoms with Gasteiger partial charge in [0.2, 0.25) is 5.91 Å². The van der Waals surface area contributed by atoms with Gasteiger partial charge in [-0.15, -0.1) is 0 Å². The third-order valence-electron chi connectivity index (χ3n) is 3.86. The van der Waals surface area contributed by atoms with E-state index in [1.165, 1.54) is 6.33 Å². The van der Waals surface area contributed by atoms with Crippen molar-refractivity contribution in [3.63, 3.8) is 0 Å². The van der Waals surface area contributed by atoms with Crippen LogP contribution in [0.1, 0.15) is 35.9 Å². The molecule has 1 amide bonds. The maximum Gasteiger partial charge on any atom is 0.224 e. The van der Waals surface area contributed by atoms with E-state index in [-0.39, 0.29) is 18.1 Å². The highest BCUT2D eigenvalue weighted by Crippen LogP contribution is 2.29. The van der Waals surface area contributed by atoms with Crippen molar-refractivity contribution in [2.45, 2.75) is 38.4 Å². The number of amides is 1. The monoisotopic (exact) mass is 301 g/mol. The molecule has 3 rings (SSSR count). The van der Waals surface area contributed by atoms with E-state index in [0.717, 1.165) is 29.8 Å². The lowest BCUT2D eigenvalue weighted by Crippen LogP contribution is -2.33. The first-order valence-corrected chi connectivity index (χ1v) is 7.39. The molecule has 3 heterocycles. The van der Waals surface area contributed by atoms with Crippen molar-refractivity contribution in [2.75, 3.05) is 6.54 Å². The number of aryl methyl sites for hydroxylation is 1. The van der Waals surface area contributed by atoms with Crippen LogP contribution in [0.5, 0.6) is 0 Å². The Morgan fingerprint density at radius 1 is 1.50 bits per heavy atom. The van der Waals surface area contributed by atoms with E-state index < -0.39 is 0 Å². The summed E-state index contributed by atoms with van der Waals surface area (Å²) in [6.45, 7) is 2.48. The fourth-order valence-electron chi connectivity index (χ4n) is 2.59. The summed E-state index contributed by atoms with van der Waals surface area (Å²) in [6, 6.07) is 1.88. The van der Waals surface area contributed by atoms with Crippen molar-refractivity contribution >= 4 is 5.91 Å². The number of pyridine rings is 1. The number of hydrogen-bond donors (Lipinski definition) is 2. The summed E-state index contributed by atoms with van der Waals surface area (Å²) in [6.07, 6.45) is 7.09. The third-order valence-corrected chi connectivity index (χ3v) is 3.86. The summed E-state index contributed by atoms with van der Waals surface area (Å²) in [4.78, 5) is 20.2. The van der Waals surface area contributed by atoms with E-state index >= 15 is 0 Å². The molecule has 0 unspecified atom stereocenters. The predicted octanol–water partition coefficient (Wildman–Crippen LogP) is 1.09. The Balaban J connectivity index is 1.45. The van der Waals surface area contributed by atoms with Gasteiger partial charge in [-0.2, -0.15) is 5.10 Å². The van der Waals surface area contributed by atoms with Crippen molar-refractivity contribution in [1.29, 1.82) is 0 Å². The van der Waals surface area contributed by atoms with E-state index in [1.807, 2.05) is 13.0 Å². The zero-order chi connectivity index (χ0) is 15.4. The molecule has 1 aliphatic rings. The van der Waals surface area contributed by atoms with Gasteiger partial charge in [-0.05, 0) is 37.0 Å². The van der Waals surface area contributed by atoms with Crippen LogP contribution in [0, 0.1) is 6.92 Å². The molecule has 2 aromatic heterocycles. The highest BCUT2D eigenvalue weighted by atomic mass is 16.5. The minimum absolute atomic E-state index is 0.000940. The molecule has 1 saturated heterocycles. The Bertz CT molecular complexity index is 629. The number of hydrogen-bond acceptors (Lipinski definition) is 5. The molecule has 1 fully saturated rings. The molecule has 0 aliphatic carbocycles. The number of H-pyrrole nitrogens is 1. The molecule has 2 atom stereocenters. The zero-order valence-corrected chi connectivity index (χ0v) is 12.5. The first-order valence-electron chi connectivity index (χ1n) is 7.39. The molecule has 7 nitrogen and oxygen atoms in total. The molecule has 0 radical (unpaired) electrons. The van der Waals surface area contributed by atoms with Gasteiger partial charge < -0.3 is 10.1 Å². The number of aromatic nitrogens is 4. The Morgan fingerprint density at radius 2 is 2.41 bits per heavy atom. The van der Waals surface area contributed by atoms with Crippen LogP contribution >= 0.6 is 0 Å². The summed E-state index contributed by atoms with van der Waals surface area (Å²) >= 11 is 0. The largest absolute Gasteiger partial charge is 0.365 e. The van der Waals surface area contributed by atoms with Gasteiger partial charge in [0.15, 0.2) is 5.82 Å². The Labute approximate surface area is 128 Å². The maximum atomic E-state index is 12.0. The number of ether oxygens (including phenoxy) is 1. The molecular formula is C15H19N5O2. The molecule has 0 saturated carbocycles. The number of aromatic amines is 1. The van der Waals surface area contributed by atoms with E-state index in [9.17, 15) is 4.79 Å². The van der Waals surface area contributed by atoms with Gasteiger partial charge >= 0.3 is 0 Å². The number of carbonyl (C=O) groups is 1. The predicted molar refractivity (Wildman–Crippen MR) is 78.9 cm³/mol. The van der Waals surface area contributed by atoms with Gasteiger partial charge in [0.25, 0.3) is 0 Å². The molecule has 22 heavy (non-hydrogen) atoms. The molecule has 0 bridgehead atoms. The van der Waals surface area contributed by atoms with Crippen molar-refractivity contribution in [2.24, 2.45) is 0 Å². The lowest BCUT2D eigenvalue weighted by Gasteiger charge is -2.13. The fraction of sp³-hybridized carbons (Fsp3) is 0.467. The Kier molecular flexibility index (Phi) is 4.43. The lowest BCUT2D eigenvalue weighted by molar-refractivity contribution is -0.121. The zero-order valence-electron chi connectivity index (χ0n) is 12.5. The van der Waals surface area contributed by atoms with Crippen LogP contribution < -0.4 is 5.32 Å². The minimum Gasteiger partial charge on any atom is -0.365 e. The van der Waals surface area contributed by atoms with E-state index in [0.29, 0.717) is 13.0 Å². The average molecular weight is 301 g/mol. The second kappa shape index (κ2) is 6.65. The quantitative estimate of drug-likeness (QED) is 0.862. The number of carbonyl (C=O) groups excluding carboxylic acids is 1. The van der Waals surface area contributed by atoms with Crippen molar-refractivity contribution in [3.05, 3.63) is 41.7 Å². The van der Waals surface area contributed by atoms with Gasteiger partial charge in [-0.1, -0.05) is 0 Å². The number of nitrogens with zero attached hydrogens (tertiary/aromatic N) is 3. The summed E-state index contributed by atoms with van der Waals surface area (Å²) in [5.74, 6) is 0.752. The van der Waals surface area contributed by atoms with E-state index in [2.05, 4.69) is 25.5 Å². The van der Waals surface area contributed by atoms with Crippen LogP contribution in [0.2, 0.25) is 0 Å². The molecule has 2 N–H and O–H groups in total. The van der Waals surface area contributed by atoms with Crippen LogP contribution in [0.3, 0.4) is 0 Å². The van der Waals surface area contributed by atoms with Crippen molar-refractivity contribution in [3.8, 4) is 0 Å². The third kappa shape index (κ3) is 3.48. The SMILES string of the molecule is Cc1cnccc1CC(=O)NC[C@H]1CC[C@@H](c2ncn[nH]2)O1. The second-order valence-electron chi connectivity index (χ2n) is 5.48. The number of rotatable bonds is 5. The van der Waals surface area contributed by atoms with Gasteiger partial charge in [0.05, 0.1) is 12.5 Å². The van der Waals surface area contributed by atoms with E-state index in [4.69, 9.17) is 4.74 Å². The normalized spacial score (nSPS) is 21.0. The molecule has 0 aromatic carbocycles. The molecule has 116 valence electrons. The van der Waals surface area contributed by atoms with Crippen molar-refractivity contribution in [1.82, 2.24) is 25.5 Å². The molecule has 0 spiro atoms. The first-order chi connectivity index (χ1) is 10.7. The van der Waals surface area contributed by atoms with Gasteiger partial charge in [-0.3, -0.25) is 14.9 Å². The number of nitrogens with one attached hydrogen (secondary N) is 2. The van der Waals surface area contributed by atoms with Crippen molar-refractivity contribution < 1.29 is 9.53 Å². The van der Waals surface area contributed by atoms with Crippen LogP contribution in [0.25, 0.3) is 0 Å². The standard InChI is InChI=1S/C15H19N5O2/c1-10-7-16-5-4-11(10)6-14(21)17-8-12-2-3-13(22-12)15-18-9-19-20-15/h4-5,7,9,12-13H,2-3,6,8H2,1H3,(H,17,21)(H,18,19,20)/t12-,13+/m1/s1. The highest BCUT2D eigenvalue weighted by Gasteiger charge is 2.28. The van der Waals surface area contributed by atoms with Gasteiger partial charge in [0.1, 0.15) is 12.4 Å². The maximum absolute atomic E-state index is 12.0. The molecule has 1 aliphatic heterocycles. The summed E-state index contributed by atoms with van der Waals surface area (Å²) < 4.78 is 5.87. The Hall–Kier alpha value is -2.28.